The van der Waals surface area contributed by atoms with Crippen LogP contribution in [0.5, 0.6) is 5.75 Å². The number of hydrogen-bond acceptors (Lipinski definition) is 2. The van der Waals surface area contributed by atoms with Crippen molar-refractivity contribution in [1.82, 2.24) is 4.90 Å². The van der Waals surface area contributed by atoms with Gasteiger partial charge in [0.25, 0.3) is 0 Å². The molecule has 2 rings (SSSR count). The summed E-state index contributed by atoms with van der Waals surface area (Å²) < 4.78 is 5.15. The zero-order chi connectivity index (χ0) is 12.3. The average Bonchev–Trinajstić information content (AvgIpc) is 2.87. The van der Waals surface area contributed by atoms with Crippen molar-refractivity contribution in [2.75, 3.05) is 13.7 Å². The Balaban J connectivity index is 2.17. The van der Waals surface area contributed by atoms with Gasteiger partial charge < -0.3 is 9.64 Å². The van der Waals surface area contributed by atoms with Crippen LogP contribution in [0.2, 0.25) is 0 Å². The van der Waals surface area contributed by atoms with Gasteiger partial charge in [0.05, 0.1) is 13.2 Å². The lowest BCUT2D eigenvalue weighted by atomic mass is 10.0. The van der Waals surface area contributed by atoms with Crippen LogP contribution in [0.15, 0.2) is 24.3 Å². The second-order valence-electron chi connectivity index (χ2n) is 4.37. The molecular formula is C14H19NO2. The molecule has 3 nitrogen and oxygen atoms in total. The van der Waals surface area contributed by atoms with Gasteiger partial charge in [0.2, 0.25) is 5.91 Å². The second kappa shape index (κ2) is 5.21. The van der Waals surface area contributed by atoms with Crippen LogP contribution in [-0.2, 0) is 4.79 Å². The van der Waals surface area contributed by atoms with E-state index in [1.54, 1.807) is 7.11 Å². The summed E-state index contributed by atoms with van der Waals surface area (Å²) in [6.45, 7) is 2.81. The molecule has 0 saturated carbocycles. The molecule has 3 heteroatoms. The first-order valence-corrected chi connectivity index (χ1v) is 6.19. The van der Waals surface area contributed by atoms with Crippen molar-refractivity contribution in [1.29, 1.82) is 0 Å². The number of carbonyl (C=O) groups excluding carboxylic acids is 1. The van der Waals surface area contributed by atoms with E-state index < -0.39 is 0 Å². The molecule has 0 spiro atoms. The molecule has 1 saturated heterocycles. The summed E-state index contributed by atoms with van der Waals surface area (Å²) in [4.78, 5) is 13.8. The van der Waals surface area contributed by atoms with E-state index in [4.69, 9.17) is 4.74 Å². The summed E-state index contributed by atoms with van der Waals surface area (Å²) in [7, 11) is 1.66. The van der Waals surface area contributed by atoms with Gasteiger partial charge in [-0.2, -0.15) is 0 Å². The van der Waals surface area contributed by atoms with Gasteiger partial charge in [0, 0.05) is 13.0 Å². The third-order valence-corrected chi connectivity index (χ3v) is 3.38. The number of methoxy groups -OCH3 is 1. The fourth-order valence-electron chi connectivity index (χ4n) is 2.44. The highest BCUT2D eigenvalue weighted by molar-refractivity contribution is 5.76. The molecule has 0 N–H and O–H groups in total. The molecule has 92 valence electrons. The lowest BCUT2D eigenvalue weighted by Gasteiger charge is -2.24. The molecule has 1 aliphatic rings. The van der Waals surface area contributed by atoms with Crippen LogP contribution in [0.25, 0.3) is 0 Å². The van der Waals surface area contributed by atoms with E-state index in [-0.39, 0.29) is 11.9 Å². The molecule has 1 aromatic rings. The highest BCUT2D eigenvalue weighted by atomic mass is 16.5. The molecule has 1 aromatic carbocycles. The van der Waals surface area contributed by atoms with Gasteiger partial charge in [-0.3, -0.25) is 4.79 Å². The van der Waals surface area contributed by atoms with Crippen molar-refractivity contribution in [3.8, 4) is 5.75 Å². The topological polar surface area (TPSA) is 29.5 Å². The van der Waals surface area contributed by atoms with Gasteiger partial charge in [0.15, 0.2) is 0 Å². The molecule has 1 atom stereocenters. The first-order valence-electron chi connectivity index (χ1n) is 6.19. The van der Waals surface area contributed by atoms with Gasteiger partial charge in [0.1, 0.15) is 5.75 Å². The Hall–Kier alpha value is -1.51. The molecule has 0 aliphatic carbocycles. The number of rotatable bonds is 3. The Morgan fingerprint density at radius 1 is 1.41 bits per heavy atom. The van der Waals surface area contributed by atoms with Gasteiger partial charge >= 0.3 is 0 Å². The number of nitrogens with zero attached hydrogens (tertiary/aromatic N) is 1. The smallest absolute Gasteiger partial charge is 0.222 e. The summed E-state index contributed by atoms with van der Waals surface area (Å²) >= 11 is 0. The Labute approximate surface area is 102 Å². The largest absolute Gasteiger partial charge is 0.497 e. The van der Waals surface area contributed by atoms with Gasteiger partial charge in [-0.25, -0.2) is 0 Å². The monoisotopic (exact) mass is 233 g/mol. The summed E-state index contributed by atoms with van der Waals surface area (Å²) in [6.07, 6.45) is 2.76. The second-order valence-corrected chi connectivity index (χ2v) is 4.37. The zero-order valence-electron chi connectivity index (χ0n) is 10.5. The molecule has 1 amide bonds. The van der Waals surface area contributed by atoms with Gasteiger partial charge in [-0.15, -0.1) is 0 Å². The summed E-state index contributed by atoms with van der Waals surface area (Å²) in [5.74, 6) is 1.11. The third-order valence-electron chi connectivity index (χ3n) is 3.38. The molecule has 1 heterocycles. The van der Waals surface area contributed by atoms with Crippen molar-refractivity contribution in [3.63, 3.8) is 0 Å². The minimum absolute atomic E-state index is 0.253. The van der Waals surface area contributed by atoms with Gasteiger partial charge in [-0.05, 0) is 30.5 Å². The maximum atomic E-state index is 11.8. The fourth-order valence-corrected chi connectivity index (χ4v) is 2.44. The zero-order valence-corrected chi connectivity index (χ0v) is 10.5. The highest BCUT2D eigenvalue weighted by Gasteiger charge is 2.28. The van der Waals surface area contributed by atoms with Crippen molar-refractivity contribution in [2.45, 2.75) is 32.2 Å². The van der Waals surface area contributed by atoms with E-state index in [1.165, 1.54) is 5.56 Å². The Morgan fingerprint density at radius 3 is 2.71 bits per heavy atom. The maximum Gasteiger partial charge on any atom is 0.222 e. The minimum atomic E-state index is 0.253. The number of amides is 1. The van der Waals surface area contributed by atoms with E-state index in [0.717, 1.165) is 25.1 Å². The fraction of sp³-hybridized carbons (Fsp3) is 0.500. The lowest BCUT2D eigenvalue weighted by Crippen LogP contribution is -2.29. The molecule has 1 fully saturated rings. The highest BCUT2D eigenvalue weighted by Crippen LogP contribution is 2.33. The van der Waals surface area contributed by atoms with Crippen LogP contribution in [-0.4, -0.2) is 24.5 Å². The van der Waals surface area contributed by atoms with Crippen molar-refractivity contribution < 1.29 is 9.53 Å². The Morgan fingerprint density at radius 2 is 2.12 bits per heavy atom. The molecule has 1 aliphatic heterocycles. The van der Waals surface area contributed by atoms with Crippen LogP contribution in [0.1, 0.15) is 37.8 Å². The van der Waals surface area contributed by atoms with Gasteiger partial charge in [-0.1, -0.05) is 19.1 Å². The Kier molecular flexibility index (Phi) is 3.67. The normalized spacial score (nSPS) is 19.4. The minimum Gasteiger partial charge on any atom is -0.497 e. The number of hydrogen-bond donors (Lipinski definition) is 0. The van der Waals surface area contributed by atoms with E-state index in [1.807, 2.05) is 24.0 Å². The Bertz CT molecular complexity index is 386. The van der Waals surface area contributed by atoms with Crippen LogP contribution in [0.3, 0.4) is 0 Å². The van der Waals surface area contributed by atoms with Crippen molar-refractivity contribution in [3.05, 3.63) is 29.8 Å². The molecule has 0 bridgehead atoms. The number of carbonyl (C=O) groups is 1. The van der Waals surface area contributed by atoms with E-state index in [2.05, 4.69) is 12.1 Å². The van der Waals surface area contributed by atoms with Crippen LogP contribution in [0, 0.1) is 0 Å². The van der Waals surface area contributed by atoms with E-state index >= 15 is 0 Å². The predicted octanol–water partition coefficient (Wildman–Crippen LogP) is 2.77. The molecule has 0 aromatic heterocycles. The quantitative estimate of drug-likeness (QED) is 0.803. The summed E-state index contributed by atoms with van der Waals surface area (Å²) in [6, 6.07) is 8.30. The summed E-state index contributed by atoms with van der Waals surface area (Å²) in [5, 5.41) is 0. The average molecular weight is 233 g/mol. The molecule has 17 heavy (non-hydrogen) atoms. The van der Waals surface area contributed by atoms with Crippen LogP contribution in [0.4, 0.5) is 0 Å². The van der Waals surface area contributed by atoms with Crippen LogP contribution >= 0.6 is 0 Å². The first-order chi connectivity index (χ1) is 8.26. The standard InChI is InChI=1S/C14H19NO2/c1-3-14(16)15-10-4-5-13(15)11-6-8-12(17-2)9-7-11/h6-9,13H,3-5,10H2,1-2H3. The van der Waals surface area contributed by atoms with E-state index in [0.29, 0.717) is 6.42 Å². The predicted molar refractivity (Wildman–Crippen MR) is 67.0 cm³/mol. The van der Waals surface area contributed by atoms with Crippen molar-refractivity contribution in [2.24, 2.45) is 0 Å². The molecule has 0 radical (unpaired) electrons. The number of ether oxygens (including phenoxy) is 1. The maximum absolute atomic E-state index is 11.8. The lowest BCUT2D eigenvalue weighted by molar-refractivity contribution is -0.131. The SMILES string of the molecule is CCC(=O)N1CCCC1c1ccc(OC)cc1. The number of likely N-dealkylation sites (tertiary alicyclic amines) is 1. The molecule has 1 unspecified atom stereocenters. The van der Waals surface area contributed by atoms with E-state index in [9.17, 15) is 4.79 Å². The van der Waals surface area contributed by atoms with Crippen molar-refractivity contribution >= 4 is 5.91 Å². The van der Waals surface area contributed by atoms with Crippen LogP contribution < -0.4 is 4.74 Å². The number of benzene rings is 1. The third kappa shape index (κ3) is 2.43. The summed E-state index contributed by atoms with van der Waals surface area (Å²) in [5.41, 5.74) is 1.21. The first kappa shape index (κ1) is 12.0. The molecular weight excluding hydrogens is 214 g/mol.